The van der Waals surface area contributed by atoms with E-state index in [-0.39, 0.29) is 6.04 Å². The van der Waals surface area contributed by atoms with E-state index >= 15 is 0 Å². The van der Waals surface area contributed by atoms with Crippen LogP contribution in [-0.2, 0) is 11.3 Å². The predicted molar refractivity (Wildman–Crippen MR) is 83.1 cm³/mol. The number of thioether (sulfide) groups is 1. The molecule has 0 aliphatic heterocycles. The summed E-state index contributed by atoms with van der Waals surface area (Å²) in [4.78, 5) is 0. The third-order valence-corrected chi connectivity index (χ3v) is 4.07. The summed E-state index contributed by atoms with van der Waals surface area (Å²) in [6, 6.07) is 0.247. The lowest BCUT2D eigenvalue weighted by molar-refractivity contribution is 0.182. The molecule has 0 bridgehead atoms. The number of halogens is 1. The fourth-order valence-corrected chi connectivity index (χ4v) is 2.88. The molecule has 1 aromatic heterocycles. The van der Waals surface area contributed by atoms with Crippen LogP contribution in [0.2, 0.25) is 5.02 Å². The molecule has 1 aromatic rings. The van der Waals surface area contributed by atoms with Gasteiger partial charge in [-0.2, -0.15) is 16.9 Å². The third-order valence-electron chi connectivity index (χ3n) is 2.80. The van der Waals surface area contributed by atoms with Crippen molar-refractivity contribution in [3.63, 3.8) is 0 Å². The van der Waals surface area contributed by atoms with Gasteiger partial charge in [0.1, 0.15) is 0 Å². The number of methoxy groups -OCH3 is 1. The number of hydrogen-bond acceptors (Lipinski definition) is 4. The zero-order chi connectivity index (χ0) is 14.1. The summed E-state index contributed by atoms with van der Waals surface area (Å²) >= 11 is 8.22. The summed E-state index contributed by atoms with van der Waals surface area (Å²) in [5.74, 6) is 2.11. The maximum Gasteiger partial charge on any atom is 0.0834 e. The Labute approximate surface area is 125 Å². The molecule has 0 aliphatic carbocycles. The van der Waals surface area contributed by atoms with Crippen LogP contribution in [0.1, 0.15) is 32.0 Å². The van der Waals surface area contributed by atoms with Crippen LogP contribution in [0, 0.1) is 0 Å². The molecule has 0 amide bonds. The van der Waals surface area contributed by atoms with Gasteiger partial charge in [-0.25, -0.2) is 0 Å². The van der Waals surface area contributed by atoms with Crippen molar-refractivity contribution < 1.29 is 4.74 Å². The highest BCUT2D eigenvalue weighted by Gasteiger charge is 2.19. The van der Waals surface area contributed by atoms with Crippen LogP contribution in [0.4, 0.5) is 0 Å². The fourth-order valence-electron chi connectivity index (χ4n) is 1.86. The van der Waals surface area contributed by atoms with Crippen molar-refractivity contribution in [3.05, 3.63) is 16.9 Å². The summed E-state index contributed by atoms with van der Waals surface area (Å²) in [6.07, 6.45) is 2.83. The highest BCUT2D eigenvalue weighted by molar-refractivity contribution is 7.99. The number of rotatable bonds is 10. The largest absolute Gasteiger partial charge is 0.383 e. The Hall–Kier alpha value is -0.230. The van der Waals surface area contributed by atoms with Crippen LogP contribution in [0.15, 0.2) is 6.20 Å². The van der Waals surface area contributed by atoms with E-state index in [2.05, 4.69) is 24.3 Å². The standard InChI is InChI=1S/C13H24ClN3OS/c1-4-6-15-12(10-19-5-2)13-11(14)9-16-17(13)7-8-18-3/h9,12,15H,4-8,10H2,1-3H3. The topological polar surface area (TPSA) is 39.1 Å². The van der Waals surface area contributed by atoms with Gasteiger partial charge in [0.15, 0.2) is 0 Å². The first-order chi connectivity index (χ1) is 9.24. The molecule has 0 saturated heterocycles. The molecule has 110 valence electrons. The van der Waals surface area contributed by atoms with Gasteiger partial charge in [0, 0.05) is 12.9 Å². The molecule has 19 heavy (non-hydrogen) atoms. The second-order valence-electron chi connectivity index (χ2n) is 4.26. The lowest BCUT2D eigenvalue weighted by atomic mass is 10.2. The molecule has 0 saturated carbocycles. The molecule has 1 atom stereocenters. The summed E-state index contributed by atoms with van der Waals surface area (Å²) in [5, 5.41) is 8.64. The number of aromatic nitrogens is 2. The molecular weight excluding hydrogens is 282 g/mol. The first-order valence-electron chi connectivity index (χ1n) is 6.75. The van der Waals surface area contributed by atoms with E-state index in [0.717, 1.165) is 41.7 Å². The number of hydrogen-bond donors (Lipinski definition) is 1. The quantitative estimate of drug-likeness (QED) is 0.721. The molecule has 1 rings (SSSR count). The Kier molecular flexibility index (Phi) is 8.53. The molecule has 0 radical (unpaired) electrons. The summed E-state index contributed by atoms with van der Waals surface area (Å²) in [5.41, 5.74) is 1.08. The van der Waals surface area contributed by atoms with Crippen molar-refractivity contribution >= 4 is 23.4 Å². The molecule has 4 nitrogen and oxygen atoms in total. The van der Waals surface area contributed by atoms with Gasteiger partial charge < -0.3 is 10.1 Å². The van der Waals surface area contributed by atoms with Gasteiger partial charge in [0.25, 0.3) is 0 Å². The first kappa shape index (κ1) is 16.8. The molecule has 1 unspecified atom stereocenters. The first-order valence-corrected chi connectivity index (χ1v) is 8.29. The van der Waals surface area contributed by atoms with Crippen molar-refractivity contribution in [2.45, 2.75) is 32.9 Å². The van der Waals surface area contributed by atoms with Gasteiger partial charge in [0.05, 0.1) is 36.1 Å². The minimum Gasteiger partial charge on any atom is -0.383 e. The van der Waals surface area contributed by atoms with Crippen molar-refractivity contribution in [3.8, 4) is 0 Å². The zero-order valence-corrected chi connectivity index (χ0v) is 13.6. The van der Waals surface area contributed by atoms with Gasteiger partial charge in [-0.05, 0) is 18.7 Å². The Morgan fingerprint density at radius 3 is 2.95 bits per heavy atom. The second-order valence-corrected chi connectivity index (χ2v) is 5.99. The average Bonchev–Trinajstić information content (AvgIpc) is 2.78. The minimum absolute atomic E-state index is 0.247. The van der Waals surface area contributed by atoms with E-state index in [1.807, 2.05) is 16.4 Å². The third kappa shape index (κ3) is 5.34. The SMILES string of the molecule is CCCNC(CSCC)c1c(Cl)cnn1CCOC. The maximum absolute atomic E-state index is 6.30. The predicted octanol–water partition coefficient (Wildman–Crippen LogP) is 2.98. The maximum atomic E-state index is 6.30. The molecule has 0 fully saturated rings. The lowest BCUT2D eigenvalue weighted by Gasteiger charge is -2.20. The van der Waals surface area contributed by atoms with Crippen LogP contribution >= 0.6 is 23.4 Å². The fraction of sp³-hybridized carbons (Fsp3) is 0.769. The van der Waals surface area contributed by atoms with Crippen LogP contribution in [0.3, 0.4) is 0 Å². The van der Waals surface area contributed by atoms with Crippen LogP contribution < -0.4 is 5.32 Å². The molecule has 0 spiro atoms. The van der Waals surface area contributed by atoms with Gasteiger partial charge >= 0.3 is 0 Å². The molecule has 0 aliphatic rings. The smallest absolute Gasteiger partial charge is 0.0834 e. The van der Waals surface area contributed by atoms with E-state index in [1.54, 1.807) is 13.3 Å². The van der Waals surface area contributed by atoms with Crippen molar-refractivity contribution in [2.24, 2.45) is 0 Å². The van der Waals surface area contributed by atoms with E-state index in [0.29, 0.717) is 6.61 Å². The van der Waals surface area contributed by atoms with Crippen molar-refractivity contribution in [1.29, 1.82) is 0 Å². The Morgan fingerprint density at radius 2 is 2.32 bits per heavy atom. The average molecular weight is 306 g/mol. The lowest BCUT2D eigenvalue weighted by Crippen LogP contribution is -2.27. The van der Waals surface area contributed by atoms with Gasteiger partial charge in [0.2, 0.25) is 0 Å². The molecule has 0 aromatic carbocycles. The highest BCUT2D eigenvalue weighted by atomic mass is 35.5. The van der Waals surface area contributed by atoms with Crippen molar-refractivity contribution in [1.82, 2.24) is 15.1 Å². The minimum atomic E-state index is 0.247. The Bertz CT molecular complexity index is 352. The van der Waals surface area contributed by atoms with Gasteiger partial charge in [-0.15, -0.1) is 0 Å². The number of nitrogens with zero attached hydrogens (tertiary/aromatic N) is 2. The molecule has 6 heteroatoms. The van der Waals surface area contributed by atoms with Gasteiger partial charge in [-0.3, -0.25) is 4.68 Å². The summed E-state index contributed by atoms with van der Waals surface area (Å²) < 4.78 is 7.08. The Morgan fingerprint density at radius 1 is 1.53 bits per heavy atom. The van der Waals surface area contributed by atoms with E-state index < -0.39 is 0 Å². The highest BCUT2D eigenvalue weighted by Crippen LogP contribution is 2.25. The molecular formula is C13H24ClN3OS. The van der Waals surface area contributed by atoms with E-state index in [9.17, 15) is 0 Å². The van der Waals surface area contributed by atoms with Crippen LogP contribution in [0.5, 0.6) is 0 Å². The van der Waals surface area contributed by atoms with Crippen molar-refractivity contribution in [2.75, 3.05) is 31.8 Å². The van der Waals surface area contributed by atoms with Gasteiger partial charge in [-0.1, -0.05) is 25.4 Å². The monoisotopic (exact) mass is 305 g/mol. The van der Waals surface area contributed by atoms with Crippen LogP contribution in [-0.4, -0.2) is 41.5 Å². The van der Waals surface area contributed by atoms with E-state index in [4.69, 9.17) is 16.3 Å². The number of nitrogens with one attached hydrogen (secondary N) is 1. The molecule has 1 heterocycles. The normalized spacial score (nSPS) is 12.8. The van der Waals surface area contributed by atoms with E-state index in [1.165, 1.54) is 0 Å². The molecule has 1 N–H and O–H groups in total. The van der Waals surface area contributed by atoms with Crippen LogP contribution in [0.25, 0.3) is 0 Å². The Balaban J connectivity index is 2.82. The number of ether oxygens (including phenoxy) is 1. The summed E-state index contributed by atoms with van der Waals surface area (Å²) in [6.45, 7) is 6.71. The zero-order valence-electron chi connectivity index (χ0n) is 12.0. The summed E-state index contributed by atoms with van der Waals surface area (Å²) in [7, 11) is 1.70. The second kappa shape index (κ2) is 9.64.